The van der Waals surface area contributed by atoms with Crippen molar-refractivity contribution in [1.29, 1.82) is 0 Å². The molecule has 1 fully saturated rings. The summed E-state index contributed by atoms with van der Waals surface area (Å²) in [4.78, 5) is 12.6. The van der Waals surface area contributed by atoms with Crippen LogP contribution in [0.5, 0.6) is 0 Å². The van der Waals surface area contributed by atoms with Crippen LogP contribution < -0.4 is 5.32 Å². The van der Waals surface area contributed by atoms with Gasteiger partial charge in [-0.2, -0.15) is 4.31 Å². The molecule has 1 N–H and O–H groups in total. The minimum atomic E-state index is -3.46. The molecular weight excluding hydrogens is 375 g/mol. The van der Waals surface area contributed by atoms with Gasteiger partial charge >= 0.3 is 0 Å². The van der Waals surface area contributed by atoms with Gasteiger partial charge in [-0.15, -0.1) is 11.8 Å². The number of anilines is 1. The SMILES string of the molecule is O=C(CSc1ccccc1F)Nc1ccc(S(=O)(=O)N2CCCC2)cc1. The van der Waals surface area contributed by atoms with E-state index in [-0.39, 0.29) is 22.4 Å². The molecule has 2 aromatic rings. The maximum absolute atomic E-state index is 13.5. The zero-order chi connectivity index (χ0) is 18.6. The Labute approximate surface area is 156 Å². The number of amides is 1. The summed E-state index contributed by atoms with van der Waals surface area (Å²) < 4.78 is 39.9. The Bertz CT molecular complexity index is 880. The summed E-state index contributed by atoms with van der Waals surface area (Å²) in [5.41, 5.74) is 0.504. The van der Waals surface area contributed by atoms with Gasteiger partial charge in [-0.05, 0) is 49.2 Å². The summed E-state index contributed by atoms with van der Waals surface area (Å²) in [5.74, 6) is -0.579. The number of hydrogen-bond donors (Lipinski definition) is 1. The van der Waals surface area contributed by atoms with Crippen molar-refractivity contribution < 1.29 is 17.6 Å². The first-order valence-corrected chi connectivity index (χ1v) is 10.7. The first-order chi connectivity index (χ1) is 12.5. The van der Waals surface area contributed by atoms with Crippen molar-refractivity contribution in [1.82, 2.24) is 4.31 Å². The average Bonchev–Trinajstić information content (AvgIpc) is 3.17. The number of benzene rings is 2. The second kappa shape index (κ2) is 8.20. The number of hydrogen-bond acceptors (Lipinski definition) is 4. The minimum absolute atomic E-state index is 0.0642. The fourth-order valence-electron chi connectivity index (χ4n) is 2.69. The summed E-state index contributed by atoms with van der Waals surface area (Å²) in [6.45, 7) is 1.10. The molecule has 26 heavy (non-hydrogen) atoms. The van der Waals surface area contributed by atoms with Crippen LogP contribution in [0.1, 0.15) is 12.8 Å². The van der Waals surface area contributed by atoms with E-state index in [0.29, 0.717) is 23.7 Å². The van der Waals surface area contributed by atoms with Gasteiger partial charge < -0.3 is 5.32 Å². The lowest BCUT2D eigenvalue weighted by Crippen LogP contribution is -2.27. The van der Waals surface area contributed by atoms with Crippen LogP contribution in [-0.2, 0) is 14.8 Å². The molecule has 0 aliphatic carbocycles. The summed E-state index contributed by atoms with van der Waals surface area (Å²) in [6.07, 6.45) is 1.76. The van der Waals surface area contributed by atoms with E-state index in [1.54, 1.807) is 30.3 Å². The number of carbonyl (C=O) groups is 1. The Morgan fingerprint density at radius 3 is 2.38 bits per heavy atom. The molecule has 0 bridgehead atoms. The van der Waals surface area contributed by atoms with Crippen molar-refractivity contribution in [2.45, 2.75) is 22.6 Å². The second-order valence-electron chi connectivity index (χ2n) is 5.90. The van der Waals surface area contributed by atoms with E-state index < -0.39 is 10.0 Å². The Morgan fingerprint density at radius 2 is 1.73 bits per heavy atom. The van der Waals surface area contributed by atoms with Crippen molar-refractivity contribution in [3.63, 3.8) is 0 Å². The molecular formula is C18H19FN2O3S2. The van der Waals surface area contributed by atoms with E-state index >= 15 is 0 Å². The smallest absolute Gasteiger partial charge is 0.243 e. The van der Waals surface area contributed by atoms with Crippen LogP contribution >= 0.6 is 11.8 Å². The van der Waals surface area contributed by atoms with Gasteiger partial charge in [0, 0.05) is 23.7 Å². The number of nitrogens with one attached hydrogen (secondary N) is 1. The molecule has 2 aromatic carbocycles. The fraction of sp³-hybridized carbons (Fsp3) is 0.278. The molecule has 138 valence electrons. The molecule has 1 aliphatic rings. The van der Waals surface area contributed by atoms with Crippen LogP contribution in [0.3, 0.4) is 0 Å². The predicted octanol–water partition coefficient (Wildman–Crippen LogP) is 3.34. The molecule has 0 radical (unpaired) electrons. The third-order valence-electron chi connectivity index (χ3n) is 4.04. The van der Waals surface area contributed by atoms with Crippen molar-refractivity contribution >= 4 is 33.4 Å². The molecule has 1 aliphatic heterocycles. The normalized spacial score (nSPS) is 15.1. The zero-order valence-electron chi connectivity index (χ0n) is 14.0. The summed E-state index contributed by atoms with van der Waals surface area (Å²) in [7, 11) is -3.46. The molecule has 3 rings (SSSR count). The van der Waals surface area contributed by atoms with E-state index in [2.05, 4.69) is 5.32 Å². The third kappa shape index (κ3) is 4.44. The second-order valence-corrected chi connectivity index (χ2v) is 8.86. The van der Waals surface area contributed by atoms with Gasteiger partial charge in [0.25, 0.3) is 0 Å². The lowest BCUT2D eigenvalue weighted by atomic mass is 10.3. The Hall–Kier alpha value is -1.90. The highest BCUT2D eigenvalue weighted by Crippen LogP contribution is 2.23. The number of thioether (sulfide) groups is 1. The quantitative estimate of drug-likeness (QED) is 0.763. The molecule has 0 spiro atoms. The zero-order valence-corrected chi connectivity index (χ0v) is 15.7. The lowest BCUT2D eigenvalue weighted by molar-refractivity contribution is -0.113. The monoisotopic (exact) mass is 394 g/mol. The maximum atomic E-state index is 13.5. The number of nitrogens with zero attached hydrogens (tertiary/aromatic N) is 1. The van der Waals surface area contributed by atoms with Gasteiger partial charge in [0.15, 0.2) is 0 Å². The minimum Gasteiger partial charge on any atom is -0.325 e. The van der Waals surface area contributed by atoms with Crippen LogP contribution in [0.2, 0.25) is 0 Å². The van der Waals surface area contributed by atoms with Gasteiger partial charge in [-0.3, -0.25) is 4.79 Å². The molecule has 8 heteroatoms. The Kier molecular flexibility index (Phi) is 5.95. The topological polar surface area (TPSA) is 66.5 Å². The van der Waals surface area contributed by atoms with Crippen molar-refractivity contribution in [2.24, 2.45) is 0 Å². The van der Waals surface area contributed by atoms with Gasteiger partial charge in [0.05, 0.1) is 10.6 Å². The maximum Gasteiger partial charge on any atom is 0.243 e. The molecule has 0 saturated carbocycles. The summed E-state index contributed by atoms with van der Waals surface area (Å²) in [6, 6.07) is 12.4. The van der Waals surface area contributed by atoms with E-state index in [0.717, 1.165) is 24.6 Å². The predicted molar refractivity (Wildman–Crippen MR) is 100 cm³/mol. The van der Waals surface area contributed by atoms with Gasteiger partial charge in [0.1, 0.15) is 5.82 Å². The van der Waals surface area contributed by atoms with Gasteiger partial charge in [-0.1, -0.05) is 12.1 Å². The highest BCUT2D eigenvalue weighted by Gasteiger charge is 2.26. The molecule has 1 amide bonds. The number of carbonyl (C=O) groups excluding carboxylic acids is 1. The van der Waals surface area contributed by atoms with Crippen molar-refractivity contribution in [2.75, 3.05) is 24.2 Å². The van der Waals surface area contributed by atoms with Crippen molar-refractivity contribution in [3.8, 4) is 0 Å². The molecule has 0 atom stereocenters. The highest BCUT2D eigenvalue weighted by atomic mass is 32.2. The Morgan fingerprint density at radius 1 is 1.08 bits per heavy atom. The molecule has 0 unspecified atom stereocenters. The van der Waals surface area contributed by atoms with Crippen LogP contribution in [0.25, 0.3) is 0 Å². The van der Waals surface area contributed by atoms with Crippen LogP contribution in [0, 0.1) is 5.82 Å². The first-order valence-electron chi connectivity index (χ1n) is 8.24. The van der Waals surface area contributed by atoms with Gasteiger partial charge in [0.2, 0.25) is 15.9 Å². The number of halogens is 1. The number of sulfonamides is 1. The molecule has 1 heterocycles. The first kappa shape index (κ1) is 18.9. The van der Waals surface area contributed by atoms with Crippen LogP contribution in [0.4, 0.5) is 10.1 Å². The van der Waals surface area contributed by atoms with Crippen molar-refractivity contribution in [3.05, 3.63) is 54.3 Å². The van der Waals surface area contributed by atoms with E-state index in [1.807, 2.05) is 0 Å². The van der Waals surface area contributed by atoms with E-state index in [4.69, 9.17) is 0 Å². The average molecular weight is 394 g/mol. The fourth-order valence-corrected chi connectivity index (χ4v) is 4.95. The molecule has 5 nitrogen and oxygen atoms in total. The summed E-state index contributed by atoms with van der Waals surface area (Å²) >= 11 is 1.11. The van der Waals surface area contributed by atoms with E-state index in [1.165, 1.54) is 22.5 Å². The molecule has 0 aromatic heterocycles. The number of rotatable bonds is 6. The van der Waals surface area contributed by atoms with E-state index in [9.17, 15) is 17.6 Å². The third-order valence-corrected chi connectivity index (χ3v) is 7.00. The summed E-state index contributed by atoms with van der Waals surface area (Å²) in [5, 5.41) is 2.69. The Balaban J connectivity index is 1.58. The van der Waals surface area contributed by atoms with Gasteiger partial charge in [-0.25, -0.2) is 12.8 Å². The highest BCUT2D eigenvalue weighted by molar-refractivity contribution is 8.00. The molecule has 1 saturated heterocycles. The standard InChI is InChI=1S/C18H19FN2O3S2/c19-16-5-1-2-6-17(16)25-13-18(22)20-14-7-9-15(10-8-14)26(23,24)21-11-3-4-12-21/h1-2,5-10H,3-4,11-13H2,(H,20,22). The van der Waals surface area contributed by atoms with Crippen LogP contribution in [0.15, 0.2) is 58.3 Å². The lowest BCUT2D eigenvalue weighted by Gasteiger charge is -2.15. The van der Waals surface area contributed by atoms with Crippen LogP contribution in [-0.4, -0.2) is 37.5 Å². The largest absolute Gasteiger partial charge is 0.325 e.